The fourth-order valence-corrected chi connectivity index (χ4v) is 6.87. The molecule has 208 valence electrons. The minimum absolute atomic E-state index is 0.00589. The molecule has 0 aliphatic carbocycles. The summed E-state index contributed by atoms with van der Waals surface area (Å²) >= 11 is 1.57. The number of carbonyl (C=O) groups is 2. The molecule has 40 heavy (non-hydrogen) atoms. The molecule has 3 aromatic rings. The number of ether oxygens (including phenoxy) is 1. The number of aromatic nitrogens is 1. The number of fused-ring (bicyclic) bond motifs is 1. The van der Waals surface area contributed by atoms with E-state index in [1.54, 1.807) is 11.3 Å². The number of piperidine rings is 1. The summed E-state index contributed by atoms with van der Waals surface area (Å²) in [6.07, 6.45) is 4.12. The molecule has 6 rings (SSSR count). The molecule has 9 heteroatoms. The van der Waals surface area contributed by atoms with E-state index >= 15 is 0 Å². The van der Waals surface area contributed by atoms with Crippen molar-refractivity contribution in [2.45, 2.75) is 38.0 Å². The molecular weight excluding hydrogens is 522 g/mol. The fraction of sp³-hybridized carbons (Fsp3) is 0.419. The molecule has 1 atom stereocenters. The van der Waals surface area contributed by atoms with Gasteiger partial charge in [-0.3, -0.25) is 14.6 Å². The molecule has 0 N–H and O–H groups in total. The van der Waals surface area contributed by atoms with E-state index in [9.17, 15) is 9.59 Å². The van der Waals surface area contributed by atoms with Gasteiger partial charge in [-0.25, -0.2) is 4.98 Å². The summed E-state index contributed by atoms with van der Waals surface area (Å²) in [4.78, 5) is 41.7. The van der Waals surface area contributed by atoms with Crippen molar-refractivity contribution >= 4 is 40.7 Å². The minimum atomic E-state index is 0.00589. The highest BCUT2D eigenvalue weighted by Gasteiger charge is 2.30. The minimum Gasteiger partial charge on any atom is -0.492 e. The van der Waals surface area contributed by atoms with E-state index in [1.807, 2.05) is 64.7 Å². The van der Waals surface area contributed by atoms with Gasteiger partial charge in [0.05, 0.1) is 23.0 Å². The molecule has 2 amide bonds. The number of piperazine rings is 1. The van der Waals surface area contributed by atoms with Crippen molar-refractivity contribution in [3.63, 3.8) is 0 Å². The van der Waals surface area contributed by atoms with Gasteiger partial charge in [-0.1, -0.05) is 30.3 Å². The van der Waals surface area contributed by atoms with Crippen molar-refractivity contribution < 1.29 is 14.3 Å². The molecule has 3 aliphatic heterocycles. The predicted molar refractivity (Wildman–Crippen MR) is 158 cm³/mol. The smallest absolute Gasteiger partial charge is 0.273 e. The number of hydrogen-bond acceptors (Lipinski definition) is 7. The van der Waals surface area contributed by atoms with Crippen LogP contribution < -0.4 is 9.64 Å². The van der Waals surface area contributed by atoms with E-state index in [0.29, 0.717) is 31.8 Å². The lowest BCUT2D eigenvalue weighted by Crippen LogP contribution is -2.49. The third-order valence-corrected chi connectivity index (χ3v) is 9.14. The lowest BCUT2D eigenvalue weighted by Gasteiger charge is -2.36. The van der Waals surface area contributed by atoms with Gasteiger partial charge in [-0.2, -0.15) is 0 Å². The third kappa shape index (κ3) is 5.47. The van der Waals surface area contributed by atoms with Crippen molar-refractivity contribution in [3.8, 4) is 5.75 Å². The van der Waals surface area contributed by atoms with E-state index in [0.717, 1.165) is 66.7 Å². The van der Waals surface area contributed by atoms with Crippen LogP contribution in [0.15, 0.2) is 58.9 Å². The summed E-state index contributed by atoms with van der Waals surface area (Å²) in [5.74, 6) is 1.43. The van der Waals surface area contributed by atoms with E-state index in [2.05, 4.69) is 22.0 Å². The van der Waals surface area contributed by atoms with E-state index < -0.39 is 0 Å². The number of anilines is 1. The molecule has 2 fully saturated rings. The van der Waals surface area contributed by atoms with Gasteiger partial charge >= 0.3 is 0 Å². The number of para-hydroxylation sites is 3. The Morgan fingerprint density at radius 2 is 1.70 bits per heavy atom. The molecule has 4 heterocycles. The van der Waals surface area contributed by atoms with Gasteiger partial charge in [-0.05, 0) is 43.5 Å². The highest BCUT2D eigenvalue weighted by atomic mass is 32.1. The van der Waals surface area contributed by atoms with Crippen molar-refractivity contribution in [2.24, 2.45) is 4.99 Å². The standard InChI is InChI=1S/C31H35N5O3S/c1-2-39-28-10-6-5-9-27(28)34-15-17-36(18-16-34)31(38)26-21-40-30(33-26)22-11-13-35(14-12-22)29(37)19-23-20-32-25-8-4-3-7-24(23)25/h3-10,20-23H,2,11-19H2,1H3. The second-order valence-electron chi connectivity index (χ2n) is 10.6. The van der Waals surface area contributed by atoms with Crippen LogP contribution in [0, 0.1) is 0 Å². The van der Waals surface area contributed by atoms with Gasteiger partial charge in [0.2, 0.25) is 5.91 Å². The highest BCUT2D eigenvalue weighted by molar-refractivity contribution is 7.09. The largest absolute Gasteiger partial charge is 0.492 e. The first kappa shape index (κ1) is 26.5. The topological polar surface area (TPSA) is 78.3 Å². The molecule has 0 spiro atoms. The average Bonchev–Trinajstić information content (AvgIpc) is 3.66. The monoisotopic (exact) mass is 557 g/mol. The predicted octanol–water partition coefficient (Wildman–Crippen LogP) is 5.10. The number of benzene rings is 2. The summed E-state index contributed by atoms with van der Waals surface area (Å²) < 4.78 is 5.80. The molecule has 0 radical (unpaired) electrons. The van der Waals surface area contributed by atoms with Gasteiger partial charge in [-0.15, -0.1) is 11.3 Å². The van der Waals surface area contributed by atoms with Gasteiger partial charge in [0, 0.05) is 69.1 Å². The quantitative estimate of drug-likeness (QED) is 0.404. The Morgan fingerprint density at radius 3 is 2.50 bits per heavy atom. The van der Waals surface area contributed by atoms with Crippen LogP contribution in [-0.2, 0) is 4.79 Å². The second-order valence-corrected chi connectivity index (χ2v) is 11.4. The molecule has 0 bridgehead atoms. The van der Waals surface area contributed by atoms with Crippen molar-refractivity contribution in [1.82, 2.24) is 14.8 Å². The Kier molecular flexibility index (Phi) is 7.82. The van der Waals surface area contributed by atoms with E-state index in [1.165, 1.54) is 0 Å². The molecule has 1 unspecified atom stereocenters. The summed E-state index contributed by atoms with van der Waals surface area (Å²) in [7, 11) is 0. The lowest BCUT2D eigenvalue weighted by molar-refractivity contribution is -0.132. The Bertz CT molecular complexity index is 1390. The maximum atomic E-state index is 13.3. The fourth-order valence-electron chi connectivity index (χ4n) is 5.91. The number of hydrogen-bond donors (Lipinski definition) is 0. The molecule has 2 saturated heterocycles. The maximum Gasteiger partial charge on any atom is 0.273 e. The van der Waals surface area contributed by atoms with Crippen LogP contribution in [0.2, 0.25) is 0 Å². The van der Waals surface area contributed by atoms with Gasteiger partial charge in [0.25, 0.3) is 5.91 Å². The highest BCUT2D eigenvalue weighted by Crippen LogP contribution is 2.36. The van der Waals surface area contributed by atoms with Crippen molar-refractivity contribution in [2.75, 3.05) is 50.8 Å². The van der Waals surface area contributed by atoms with Gasteiger partial charge in [0.15, 0.2) is 0 Å². The first-order valence-electron chi connectivity index (χ1n) is 14.2. The van der Waals surface area contributed by atoms with Crippen molar-refractivity contribution in [3.05, 3.63) is 70.2 Å². The van der Waals surface area contributed by atoms with Crippen LogP contribution >= 0.6 is 11.3 Å². The zero-order valence-corrected chi connectivity index (χ0v) is 23.7. The lowest BCUT2D eigenvalue weighted by atomic mass is 9.94. The van der Waals surface area contributed by atoms with Crippen LogP contribution in [0.5, 0.6) is 5.75 Å². The Labute approximate surface area is 239 Å². The van der Waals surface area contributed by atoms with E-state index in [-0.39, 0.29) is 23.7 Å². The number of thiazole rings is 1. The number of rotatable bonds is 7. The van der Waals surface area contributed by atoms with E-state index in [4.69, 9.17) is 9.72 Å². The van der Waals surface area contributed by atoms with Crippen LogP contribution in [0.3, 0.4) is 0 Å². The zero-order chi connectivity index (χ0) is 27.5. The third-order valence-electron chi connectivity index (χ3n) is 8.13. The maximum absolute atomic E-state index is 13.3. The molecule has 0 saturated carbocycles. The molecule has 3 aliphatic rings. The average molecular weight is 558 g/mol. The molecule has 1 aromatic heterocycles. The first-order valence-corrected chi connectivity index (χ1v) is 15.1. The zero-order valence-electron chi connectivity index (χ0n) is 22.9. The molecular formula is C31H35N5O3S. The molecule has 8 nitrogen and oxygen atoms in total. The summed E-state index contributed by atoms with van der Waals surface area (Å²) in [6.45, 7) is 6.90. The number of carbonyl (C=O) groups excluding carboxylic acids is 2. The van der Waals surface area contributed by atoms with Gasteiger partial charge in [0.1, 0.15) is 11.4 Å². The summed E-state index contributed by atoms with van der Waals surface area (Å²) in [5, 5.41) is 2.92. The number of amides is 2. The first-order chi connectivity index (χ1) is 19.6. The number of aliphatic imine (C=N–C) groups is 1. The Hall–Kier alpha value is -3.72. The van der Waals surface area contributed by atoms with Crippen LogP contribution in [0.25, 0.3) is 0 Å². The Morgan fingerprint density at radius 1 is 0.950 bits per heavy atom. The normalized spacial score (nSPS) is 19.1. The Balaban J connectivity index is 0.997. The number of likely N-dealkylation sites (tertiary alicyclic amines) is 1. The van der Waals surface area contributed by atoms with Crippen LogP contribution in [0.1, 0.15) is 59.1 Å². The molecule has 2 aromatic carbocycles. The summed E-state index contributed by atoms with van der Waals surface area (Å²) in [5.41, 5.74) is 3.74. The number of nitrogens with zero attached hydrogens (tertiary/aromatic N) is 5. The van der Waals surface area contributed by atoms with Crippen LogP contribution in [0.4, 0.5) is 11.4 Å². The summed E-state index contributed by atoms with van der Waals surface area (Å²) in [6, 6.07) is 16.1. The van der Waals surface area contributed by atoms with Gasteiger partial charge < -0.3 is 19.4 Å². The van der Waals surface area contributed by atoms with Crippen LogP contribution in [-0.4, -0.2) is 78.7 Å². The van der Waals surface area contributed by atoms with Crippen molar-refractivity contribution in [1.29, 1.82) is 0 Å². The second kappa shape index (κ2) is 11.8. The SMILES string of the molecule is CCOc1ccccc1N1CCN(C(=O)c2csc(C3CCN(C(=O)CC4C=Nc5ccccc54)CC3)n2)CC1.